The highest BCUT2D eigenvalue weighted by Gasteiger charge is 2.46. The number of hydrogen-bond acceptors (Lipinski definition) is 3. The molecule has 0 bridgehead atoms. The minimum absolute atomic E-state index is 0.727. The molecule has 0 unspecified atom stereocenters. The van der Waals surface area contributed by atoms with Crippen molar-refractivity contribution in [3.63, 3.8) is 0 Å². The second-order valence-corrected chi connectivity index (χ2v) is 20.2. The Kier molecular flexibility index (Phi) is 2.93. The summed E-state index contributed by atoms with van der Waals surface area (Å²) in [6, 6.07) is 0. The van der Waals surface area contributed by atoms with Gasteiger partial charge in [-0.25, -0.2) is 0 Å². The highest BCUT2D eigenvalue weighted by atomic mass is 32.3. The number of hydrogen-bond donors (Lipinski definition) is 2. The molecule has 3 nitrogen and oxygen atoms in total. The Morgan fingerprint density at radius 3 is 1.62 bits per heavy atom. The van der Waals surface area contributed by atoms with Gasteiger partial charge in [0, 0.05) is 0 Å². The lowest BCUT2D eigenvalue weighted by Crippen LogP contribution is -2.78. The molecule has 0 radical (unpaired) electrons. The van der Waals surface area contributed by atoms with E-state index < -0.39 is 27.2 Å². The molecule has 1 heterocycles. The van der Waals surface area contributed by atoms with E-state index >= 15 is 0 Å². The third kappa shape index (κ3) is 2.46. The molecule has 7 heteroatoms. The molecule has 0 aromatic heterocycles. The summed E-state index contributed by atoms with van der Waals surface area (Å²) in [5.41, 5.74) is 0. The lowest BCUT2D eigenvalue weighted by atomic mass is 11.9. The zero-order chi connectivity index (χ0) is 10.5. The molecule has 1 rings (SSSR count). The van der Waals surface area contributed by atoms with Crippen molar-refractivity contribution in [1.29, 1.82) is 0 Å². The van der Waals surface area contributed by atoms with Crippen LogP contribution in [0.15, 0.2) is 0 Å². The van der Waals surface area contributed by atoms with Crippen LogP contribution in [0, 0.1) is 0 Å². The number of nitrogens with one attached hydrogen (secondary N) is 2. The first-order valence-electron chi connectivity index (χ1n) is 4.62. The normalized spacial score (nSPS) is 34.3. The van der Waals surface area contributed by atoms with Crippen LogP contribution in [0.25, 0.3) is 0 Å². The first-order chi connectivity index (χ1) is 5.57. The molecular weight excluding hydrogens is 230 g/mol. The monoisotopic (exact) mass is 253 g/mol. The van der Waals surface area contributed by atoms with Gasteiger partial charge in [-0.1, -0.05) is 0 Å². The molecule has 0 spiro atoms. The molecule has 0 atom stereocenters. The summed E-state index contributed by atoms with van der Waals surface area (Å²) in [6.07, 6.45) is 4.68. The summed E-state index contributed by atoms with van der Waals surface area (Å²) in [6.45, 7) is 9.74. The molecule has 80 valence electrons. The second kappa shape index (κ2) is 3.19. The van der Waals surface area contributed by atoms with Gasteiger partial charge in [-0.3, -0.25) is 8.78 Å². The second-order valence-electron chi connectivity index (χ2n) is 5.21. The standard InChI is InChI=1S/C6H23N3SSi3/c1-10(2)7-12(3,4)9(11)13(5,6)8-10/h7-8H,1-6,11H3. The van der Waals surface area contributed by atoms with E-state index in [-0.39, 0.29) is 0 Å². The van der Waals surface area contributed by atoms with Gasteiger partial charge in [0.1, 0.15) is 0 Å². The molecule has 0 aliphatic carbocycles. The first kappa shape index (κ1) is 12.0. The Morgan fingerprint density at radius 1 is 1.00 bits per heavy atom. The van der Waals surface area contributed by atoms with Crippen molar-refractivity contribution in [1.82, 2.24) is 12.7 Å². The highest BCUT2D eigenvalue weighted by molar-refractivity contribution is 8.31. The topological polar surface area (TPSA) is 27.3 Å². The number of nitrogens with zero attached hydrogens (tertiary/aromatic N) is 1. The van der Waals surface area contributed by atoms with Crippen LogP contribution in [0.3, 0.4) is 0 Å². The molecule has 0 aromatic carbocycles. The summed E-state index contributed by atoms with van der Waals surface area (Å²) in [4.78, 5) is 0. The minimum Gasteiger partial charge on any atom is -0.351 e. The molecule has 0 saturated carbocycles. The fourth-order valence-corrected chi connectivity index (χ4v) is 21.9. The predicted octanol–water partition coefficient (Wildman–Crippen LogP) is 0.0594. The molecule has 1 aliphatic rings. The molecule has 1 saturated heterocycles. The third-order valence-electron chi connectivity index (χ3n) is 2.69. The van der Waals surface area contributed by atoms with Crippen molar-refractivity contribution < 1.29 is 0 Å². The van der Waals surface area contributed by atoms with Crippen LogP contribution in [0.5, 0.6) is 0 Å². The van der Waals surface area contributed by atoms with E-state index in [0.29, 0.717) is 0 Å². The van der Waals surface area contributed by atoms with Crippen LogP contribution in [0.2, 0.25) is 26.2 Å². The Morgan fingerprint density at radius 2 is 1.31 bits per heavy atom. The minimum atomic E-state index is -1.28. The van der Waals surface area contributed by atoms with Crippen molar-refractivity contribution in [3.05, 3.63) is 0 Å². The lowest BCUT2D eigenvalue weighted by molar-refractivity contribution is 0.890. The number of rotatable bonds is 0. The van der Waals surface area contributed by atoms with Crippen molar-refractivity contribution >= 4 is 37.6 Å². The van der Waals surface area contributed by atoms with Gasteiger partial charge in [0.05, 0.1) is 10.4 Å². The predicted molar refractivity (Wildman–Crippen MR) is 72.5 cm³/mol. The average Bonchev–Trinajstić information content (AvgIpc) is 1.77. The van der Waals surface area contributed by atoms with Crippen molar-refractivity contribution in [2.45, 2.75) is 26.2 Å². The molecular formula is C6H23N3SSi3. The zero-order valence-electron chi connectivity index (χ0n) is 9.86. The SMILES string of the molecule is C[Si]1(C)NS(C)(C)N[Si](C)(C)N1[SiH3]. The fourth-order valence-electron chi connectivity index (χ4n) is 2.11. The summed E-state index contributed by atoms with van der Waals surface area (Å²) < 4.78 is 10.4. The van der Waals surface area contributed by atoms with Crippen LogP contribution >= 0.6 is 10.4 Å². The molecule has 13 heavy (non-hydrogen) atoms. The van der Waals surface area contributed by atoms with Crippen LogP contribution in [0.4, 0.5) is 0 Å². The maximum atomic E-state index is 3.84. The molecule has 2 N–H and O–H groups in total. The van der Waals surface area contributed by atoms with E-state index in [9.17, 15) is 0 Å². The van der Waals surface area contributed by atoms with Crippen molar-refractivity contribution in [2.75, 3.05) is 12.5 Å². The van der Waals surface area contributed by atoms with Gasteiger partial charge in [-0.05, 0) is 38.7 Å². The molecule has 0 aromatic rings. The van der Waals surface area contributed by atoms with E-state index in [0.717, 1.165) is 0 Å². The Balaban J connectivity index is 2.96. The quantitative estimate of drug-likeness (QED) is 0.598. The van der Waals surface area contributed by atoms with Crippen molar-refractivity contribution in [2.24, 2.45) is 0 Å². The van der Waals surface area contributed by atoms with Gasteiger partial charge in [-0.2, -0.15) is 10.4 Å². The van der Waals surface area contributed by atoms with E-state index in [2.05, 4.69) is 51.4 Å². The van der Waals surface area contributed by atoms with E-state index in [1.165, 1.54) is 10.4 Å². The Bertz CT molecular complexity index is 199. The summed E-state index contributed by atoms with van der Waals surface area (Å²) >= 11 is 0. The maximum absolute atomic E-state index is 3.84. The smallest absolute Gasteiger partial charge is 0.194 e. The molecule has 0 amide bonds. The summed E-state index contributed by atoms with van der Waals surface area (Å²) in [5, 5.41) is 0. The van der Waals surface area contributed by atoms with Gasteiger partial charge >= 0.3 is 0 Å². The van der Waals surface area contributed by atoms with Crippen LogP contribution in [0.1, 0.15) is 0 Å². The average molecular weight is 254 g/mol. The van der Waals surface area contributed by atoms with E-state index in [1.54, 1.807) is 0 Å². The van der Waals surface area contributed by atoms with E-state index in [4.69, 9.17) is 0 Å². The Hall–Kier alpha value is 0.881. The maximum Gasteiger partial charge on any atom is 0.194 e. The molecule has 1 fully saturated rings. The third-order valence-corrected chi connectivity index (χ3v) is 24.2. The van der Waals surface area contributed by atoms with Crippen LogP contribution in [-0.2, 0) is 0 Å². The van der Waals surface area contributed by atoms with Gasteiger partial charge in [0.2, 0.25) is 0 Å². The van der Waals surface area contributed by atoms with Gasteiger partial charge in [0.25, 0.3) is 0 Å². The fraction of sp³-hybridized carbons (Fsp3) is 1.00. The van der Waals surface area contributed by atoms with Crippen LogP contribution in [-0.4, -0.2) is 43.6 Å². The largest absolute Gasteiger partial charge is 0.351 e. The van der Waals surface area contributed by atoms with Gasteiger partial charge in [0.15, 0.2) is 16.8 Å². The Labute approximate surface area is 89.1 Å². The molecule has 1 aliphatic heterocycles. The lowest BCUT2D eigenvalue weighted by Gasteiger charge is -2.58. The van der Waals surface area contributed by atoms with Gasteiger partial charge in [-0.15, -0.1) is 0 Å². The van der Waals surface area contributed by atoms with Crippen molar-refractivity contribution in [3.8, 4) is 0 Å². The summed E-state index contributed by atoms with van der Waals surface area (Å²) in [7, 11) is -2.10. The van der Waals surface area contributed by atoms with Crippen LogP contribution < -0.4 is 8.78 Å². The van der Waals surface area contributed by atoms with Gasteiger partial charge < -0.3 is 3.90 Å². The first-order valence-corrected chi connectivity index (χ1v) is 13.9. The van der Waals surface area contributed by atoms with E-state index in [1.807, 2.05) is 0 Å². The highest BCUT2D eigenvalue weighted by Crippen LogP contribution is 2.39. The zero-order valence-corrected chi connectivity index (χ0v) is 14.7. The summed E-state index contributed by atoms with van der Waals surface area (Å²) in [5.74, 6) is 0.